The van der Waals surface area contributed by atoms with E-state index in [1.165, 1.54) is 12.1 Å². The normalized spacial score (nSPS) is 20.8. The Hall–Kier alpha value is -1.57. The van der Waals surface area contributed by atoms with E-state index in [0.717, 1.165) is 25.7 Å². The van der Waals surface area contributed by atoms with E-state index in [-0.39, 0.29) is 17.7 Å². The smallest absolute Gasteiger partial charge is 0.407 e. The van der Waals surface area contributed by atoms with Crippen LogP contribution in [-0.4, -0.2) is 48.6 Å². The summed E-state index contributed by atoms with van der Waals surface area (Å²) in [6.45, 7) is 6.63. The van der Waals surface area contributed by atoms with E-state index in [1.807, 2.05) is 20.8 Å². The Labute approximate surface area is 177 Å². The molecule has 29 heavy (non-hydrogen) atoms. The van der Waals surface area contributed by atoms with Crippen LogP contribution in [0, 0.1) is 11.7 Å². The molecule has 0 aromatic heterocycles. The van der Waals surface area contributed by atoms with Gasteiger partial charge in [0, 0.05) is 25.2 Å². The number of aliphatic hydroxyl groups excluding tert-OH is 1. The van der Waals surface area contributed by atoms with Gasteiger partial charge < -0.3 is 25.2 Å². The number of amides is 1. The van der Waals surface area contributed by atoms with Crippen LogP contribution < -0.4 is 15.4 Å². The molecule has 3 N–H and O–H groups in total. The zero-order valence-corrected chi connectivity index (χ0v) is 18.1. The van der Waals surface area contributed by atoms with Gasteiger partial charge in [-0.3, -0.25) is 0 Å². The molecule has 1 saturated carbocycles. The van der Waals surface area contributed by atoms with E-state index in [1.54, 1.807) is 6.07 Å². The number of aliphatic hydroxyl groups is 1. The number of carbonyl (C=O) groups is 1. The highest BCUT2D eigenvalue weighted by molar-refractivity contribution is 6.30. The van der Waals surface area contributed by atoms with Gasteiger partial charge >= 0.3 is 6.09 Å². The summed E-state index contributed by atoms with van der Waals surface area (Å²) in [7, 11) is 0. The summed E-state index contributed by atoms with van der Waals surface area (Å²) in [5, 5.41) is 16.3. The van der Waals surface area contributed by atoms with E-state index in [4.69, 9.17) is 21.1 Å². The third-order valence-electron chi connectivity index (χ3n) is 4.76. The number of halogens is 2. The van der Waals surface area contributed by atoms with Crippen LogP contribution in [0.15, 0.2) is 18.2 Å². The number of nitrogens with one attached hydrogen (secondary N) is 2. The summed E-state index contributed by atoms with van der Waals surface area (Å²) in [5.41, 5.74) is -0.488. The van der Waals surface area contributed by atoms with Gasteiger partial charge in [0.1, 0.15) is 29.9 Å². The van der Waals surface area contributed by atoms with E-state index in [0.29, 0.717) is 30.8 Å². The van der Waals surface area contributed by atoms with Crippen molar-refractivity contribution < 1.29 is 23.8 Å². The summed E-state index contributed by atoms with van der Waals surface area (Å²) < 4.78 is 24.0. The molecule has 0 heterocycles. The first-order chi connectivity index (χ1) is 13.6. The van der Waals surface area contributed by atoms with Gasteiger partial charge in [0.15, 0.2) is 0 Å². The molecule has 1 aliphatic rings. The van der Waals surface area contributed by atoms with E-state index >= 15 is 0 Å². The van der Waals surface area contributed by atoms with Crippen LogP contribution in [-0.2, 0) is 4.74 Å². The fourth-order valence-electron chi connectivity index (χ4n) is 3.23. The Kier molecular flexibility index (Phi) is 8.99. The predicted molar refractivity (Wildman–Crippen MR) is 111 cm³/mol. The first-order valence-corrected chi connectivity index (χ1v) is 10.5. The van der Waals surface area contributed by atoms with Crippen molar-refractivity contribution in [2.45, 2.75) is 64.2 Å². The maximum absolute atomic E-state index is 13.4. The average Bonchev–Trinajstić information content (AvgIpc) is 2.65. The Morgan fingerprint density at radius 3 is 2.62 bits per heavy atom. The van der Waals surface area contributed by atoms with Crippen LogP contribution in [0.3, 0.4) is 0 Å². The van der Waals surface area contributed by atoms with Gasteiger partial charge in [-0.1, -0.05) is 11.6 Å². The maximum Gasteiger partial charge on any atom is 0.407 e. The number of hydrogen-bond acceptors (Lipinski definition) is 5. The minimum Gasteiger partial charge on any atom is -0.491 e. The Bertz CT molecular complexity index is 661. The Morgan fingerprint density at radius 2 is 2.00 bits per heavy atom. The van der Waals surface area contributed by atoms with Crippen molar-refractivity contribution >= 4 is 17.7 Å². The quantitative estimate of drug-likeness (QED) is 0.583. The number of benzene rings is 1. The van der Waals surface area contributed by atoms with Gasteiger partial charge in [0.05, 0.1) is 5.02 Å². The van der Waals surface area contributed by atoms with E-state index < -0.39 is 17.5 Å². The second-order valence-corrected chi connectivity index (χ2v) is 8.96. The highest BCUT2D eigenvalue weighted by Crippen LogP contribution is 2.24. The number of rotatable bonds is 8. The van der Waals surface area contributed by atoms with Crippen molar-refractivity contribution in [1.82, 2.24) is 10.6 Å². The topological polar surface area (TPSA) is 79.8 Å². The van der Waals surface area contributed by atoms with E-state index in [2.05, 4.69) is 10.6 Å². The van der Waals surface area contributed by atoms with Crippen molar-refractivity contribution in [3.63, 3.8) is 0 Å². The lowest BCUT2D eigenvalue weighted by molar-refractivity contribution is 0.0513. The van der Waals surface area contributed by atoms with E-state index in [9.17, 15) is 14.3 Å². The summed E-state index contributed by atoms with van der Waals surface area (Å²) in [6, 6.07) is 4.52. The lowest BCUT2D eigenvalue weighted by Crippen LogP contribution is -2.41. The van der Waals surface area contributed by atoms with Gasteiger partial charge in [-0.05, 0) is 64.5 Å². The van der Waals surface area contributed by atoms with Gasteiger partial charge in [0.25, 0.3) is 0 Å². The Balaban J connectivity index is 1.59. The molecule has 1 aromatic rings. The molecule has 164 valence electrons. The molecular weight excluding hydrogens is 399 g/mol. The largest absolute Gasteiger partial charge is 0.491 e. The van der Waals surface area contributed by atoms with Crippen molar-refractivity contribution in [2.24, 2.45) is 5.92 Å². The summed E-state index contributed by atoms with van der Waals surface area (Å²) in [4.78, 5) is 11.7. The third kappa shape index (κ3) is 9.19. The monoisotopic (exact) mass is 430 g/mol. The van der Waals surface area contributed by atoms with Crippen LogP contribution in [0.1, 0.15) is 46.5 Å². The van der Waals surface area contributed by atoms with Gasteiger partial charge in [-0.15, -0.1) is 0 Å². The highest BCUT2D eigenvalue weighted by atomic mass is 35.5. The van der Waals surface area contributed by atoms with Crippen LogP contribution in [0.25, 0.3) is 0 Å². The molecule has 1 fully saturated rings. The number of hydrogen-bond donors (Lipinski definition) is 3. The number of alkyl carbamates (subject to hydrolysis) is 1. The lowest BCUT2D eigenvalue weighted by atomic mass is 9.86. The standard InChI is InChI=1S/C21H32ClFN2O4/c1-21(2,3)29-20(27)25-11-14-4-6-15(7-5-14)24-12-16(26)13-28-17-8-9-18(22)19(23)10-17/h8-10,14-16,24,26H,4-7,11-13H2,1-3H3,(H,25,27). The SMILES string of the molecule is CC(C)(C)OC(=O)NCC1CCC(NCC(O)COc2ccc(Cl)c(F)c2)CC1. The van der Waals surface area contributed by atoms with Crippen molar-refractivity contribution in [3.05, 3.63) is 29.0 Å². The van der Waals surface area contributed by atoms with Crippen LogP contribution in [0.5, 0.6) is 5.75 Å². The highest BCUT2D eigenvalue weighted by Gasteiger charge is 2.23. The molecular formula is C21H32ClFN2O4. The zero-order chi connectivity index (χ0) is 21.4. The zero-order valence-electron chi connectivity index (χ0n) is 17.3. The molecule has 8 heteroatoms. The number of ether oxygens (including phenoxy) is 2. The lowest BCUT2D eigenvalue weighted by Gasteiger charge is -2.30. The average molecular weight is 431 g/mol. The van der Waals surface area contributed by atoms with Gasteiger partial charge in [-0.2, -0.15) is 0 Å². The summed E-state index contributed by atoms with van der Waals surface area (Å²) >= 11 is 5.63. The van der Waals surface area contributed by atoms with Crippen molar-refractivity contribution in [3.8, 4) is 5.75 Å². The molecule has 2 rings (SSSR count). The Morgan fingerprint density at radius 1 is 1.31 bits per heavy atom. The molecule has 0 aliphatic heterocycles. The molecule has 0 spiro atoms. The molecule has 1 amide bonds. The summed E-state index contributed by atoms with van der Waals surface area (Å²) in [6.07, 6.45) is 2.91. The predicted octanol–water partition coefficient (Wildman–Crippen LogP) is 3.89. The fourth-order valence-corrected chi connectivity index (χ4v) is 3.35. The molecule has 6 nitrogen and oxygen atoms in total. The molecule has 0 saturated heterocycles. The molecule has 1 unspecified atom stereocenters. The third-order valence-corrected chi connectivity index (χ3v) is 5.06. The number of carbonyl (C=O) groups excluding carboxylic acids is 1. The minimum atomic E-state index is -0.694. The molecule has 0 radical (unpaired) electrons. The first-order valence-electron chi connectivity index (χ1n) is 10.1. The molecule has 1 aromatic carbocycles. The maximum atomic E-state index is 13.4. The van der Waals surface area contributed by atoms with Gasteiger partial charge in [0.2, 0.25) is 0 Å². The molecule has 1 aliphatic carbocycles. The van der Waals surface area contributed by atoms with Crippen molar-refractivity contribution in [1.29, 1.82) is 0 Å². The van der Waals surface area contributed by atoms with Gasteiger partial charge in [-0.25, -0.2) is 9.18 Å². The van der Waals surface area contributed by atoms with Crippen LogP contribution >= 0.6 is 11.6 Å². The molecule has 0 bridgehead atoms. The first kappa shape index (κ1) is 23.7. The second-order valence-electron chi connectivity index (χ2n) is 8.55. The van der Waals surface area contributed by atoms with Crippen LogP contribution in [0.4, 0.5) is 9.18 Å². The molecule has 1 atom stereocenters. The van der Waals surface area contributed by atoms with Crippen LogP contribution in [0.2, 0.25) is 5.02 Å². The minimum absolute atomic E-state index is 0.0384. The van der Waals surface area contributed by atoms with Crippen molar-refractivity contribution in [2.75, 3.05) is 19.7 Å². The summed E-state index contributed by atoms with van der Waals surface area (Å²) in [5.74, 6) is 0.229. The fraction of sp³-hybridized carbons (Fsp3) is 0.667. The second kappa shape index (κ2) is 11.0.